The molecule has 0 amide bonds. The number of piperazine rings is 1. The second kappa shape index (κ2) is 4.35. The molecule has 4 nitrogen and oxygen atoms in total. The Morgan fingerprint density at radius 2 is 2.05 bits per heavy atom. The van der Waals surface area contributed by atoms with Gasteiger partial charge in [-0.15, -0.1) is 0 Å². The smallest absolute Gasteiger partial charge is 0.154 e. The lowest BCUT2D eigenvalue weighted by molar-refractivity contribution is 0.583. The summed E-state index contributed by atoms with van der Waals surface area (Å²) in [7, 11) is 0. The van der Waals surface area contributed by atoms with Crippen molar-refractivity contribution in [3.63, 3.8) is 0 Å². The first-order valence-corrected chi connectivity index (χ1v) is 7.44. The third kappa shape index (κ3) is 1.80. The fraction of sp³-hybridized carbons (Fsp3) is 0.357. The Hall–Kier alpha value is -1.33. The minimum atomic E-state index is 0.986. The van der Waals surface area contributed by atoms with Gasteiger partial charge in [0, 0.05) is 48.2 Å². The van der Waals surface area contributed by atoms with Crippen molar-refractivity contribution in [1.29, 1.82) is 0 Å². The van der Waals surface area contributed by atoms with Crippen LogP contribution >= 0.6 is 15.9 Å². The molecule has 2 aliphatic rings. The van der Waals surface area contributed by atoms with Gasteiger partial charge >= 0.3 is 0 Å². The molecule has 1 fully saturated rings. The first-order valence-electron chi connectivity index (χ1n) is 6.64. The van der Waals surface area contributed by atoms with Crippen molar-refractivity contribution >= 4 is 21.7 Å². The van der Waals surface area contributed by atoms with Crippen molar-refractivity contribution in [3.05, 3.63) is 33.8 Å². The molecule has 98 valence electrons. The molecule has 5 heteroatoms. The number of benzene rings is 1. The van der Waals surface area contributed by atoms with Crippen LogP contribution in [0.25, 0.3) is 11.3 Å². The maximum Gasteiger partial charge on any atom is 0.154 e. The Labute approximate surface area is 120 Å². The van der Waals surface area contributed by atoms with Crippen molar-refractivity contribution in [2.75, 3.05) is 31.1 Å². The van der Waals surface area contributed by atoms with Gasteiger partial charge in [0.2, 0.25) is 0 Å². The van der Waals surface area contributed by atoms with E-state index in [4.69, 9.17) is 0 Å². The summed E-state index contributed by atoms with van der Waals surface area (Å²) in [6.07, 6.45) is 0.986. The van der Waals surface area contributed by atoms with Crippen molar-refractivity contribution in [2.45, 2.75) is 6.42 Å². The maximum absolute atomic E-state index is 4.54. The molecule has 0 radical (unpaired) electrons. The highest BCUT2D eigenvalue weighted by Gasteiger charge is 2.27. The van der Waals surface area contributed by atoms with Crippen LogP contribution in [-0.2, 0) is 6.42 Å². The standard InChI is InChI=1S/C14H15BrN4/c15-10-1-2-11-9(7-10)8-12-13(11)17-18-14(12)19-5-3-16-4-6-19/h1-2,7,16H,3-6,8H2,(H,17,18). The number of halogens is 1. The maximum atomic E-state index is 4.54. The molecule has 1 saturated heterocycles. The van der Waals surface area contributed by atoms with Crippen molar-refractivity contribution in [3.8, 4) is 11.3 Å². The SMILES string of the molecule is Brc1ccc2c(c1)Cc1c(N3CCNCC3)n[nH]c1-2. The van der Waals surface area contributed by atoms with Crippen LogP contribution in [0.1, 0.15) is 11.1 Å². The van der Waals surface area contributed by atoms with E-state index in [1.54, 1.807) is 0 Å². The zero-order valence-electron chi connectivity index (χ0n) is 10.5. The van der Waals surface area contributed by atoms with E-state index in [2.05, 4.69) is 54.5 Å². The number of fused-ring (bicyclic) bond motifs is 3. The number of nitrogens with zero attached hydrogens (tertiary/aromatic N) is 2. The number of H-pyrrole nitrogens is 1. The first-order chi connectivity index (χ1) is 9.33. The van der Waals surface area contributed by atoms with Gasteiger partial charge in [0.25, 0.3) is 0 Å². The van der Waals surface area contributed by atoms with E-state index < -0.39 is 0 Å². The van der Waals surface area contributed by atoms with Gasteiger partial charge in [-0.1, -0.05) is 22.0 Å². The van der Waals surface area contributed by atoms with E-state index >= 15 is 0 Å². The van der Waals surface area contributed by atoms with Crippen molar-refractivity contribution < 1.29 is 0 Å². The summed E-state index contributed by atoms with van der Waals surface area (Å²) in [5.41, 5.74) is 5.24. The van der Waals surface area contributed by atoms with Gasteiger partial charge in [0.05, 0.1) is 5.69 Å². The lowest BCUT2D eigenvalue weighted by Gasteiger charge is -2.28. The van der Waals surface area contributed by atoms with Gasteiger partial charge in [0.1, 0.15) is 0 Å². The summed E-state index contributed by atoms with van der Waals surface area (Å²) >= 11 is 3.55. The number of aromatic amines is 1. The summed E-state index contributed by atoms with van der Waals surface area (Å²) in [6, 6.07) is 6.48. The van der Waals surface area contributed by atoms with Gasteiger partial charge in [-0.05, 0) is 17.7 Å². The lowest BCUT2D eigenvalue weighted by atomic mass is 10.1. The van der Waals surface area contributed by atoms with Gasteiger partial charge in [-0.2, -0.15) is 5.10 Å². The minimum Gasteiger partial charge on any atom is -0.352 e. The van der Waals surface area contributed by atoms with Crippen molar-refractivity contribution in [1.82, 2.24) is 15.5 Å². The fourth-order valence-electron chi connectivity index (χ4n) is 3.03. The predicted molar refractivity (Wildman–Crippen MR) is 79.6 cm³/mol. The Bertz CT molecular complexity index is 628. The van der Waals surface area contributed by atoms with Crippen LogP contribution in [0.3, 0.4) is 0 Å². The molecule has 1 aliphatic heterocycles. The second-order valence-corrected chi connectivity index (χ2v) is 6.03. The molecule has 1 aliphatic carbocycles. The van der Waals surface area contributed by atoms with Gasteiger partial charge in [-0.3, -0.25) is 5.10 Å². The Balaban J connectivity index is 1.74. The van der Waals surface area contributed by atoms with Crippen LogP contribution in [0.15, 0.2) is 22.7 Å². The molecule has 1 aromatic heterocycles. The van der Waals surface area contributed by atoms with E-state index in [-0.39, 0.29) is 0 Å². The first kappa shape index (κ1) is 11.5. The van der Waals surface area contributed by atoms with Crippen LogP contribution in [0.4, 0.5) is 5.82 Å². The summed E-state index contributed by atoms with van der Waals surface area (Å²) in [6.45, 7) is 4.16. The van der Waals surface area contributed by atoms with Crippen LogP contribution in [0.5, 0.6) is 0 Å². The average Bonchev–Trinajstić information content (AvgIpc) is 2.97. The fourth-order valence-corrected chi connectivity index (χ4v) is 3.44. The van der Waals surface area contributed by atoms with Crippen LogP contribution in [0.2, 0.25) is 0 Å². The number of nitrogens with one attached hydrogen (secondary N) is 2. The topological polar surface area (TPSA) is 44.0 Å². The number of rotatable bonds is 1. The number of aromatic nitrogens is 2. The molecule has 0 saturated carbocycles. The predicted octanol–water partition coefficient (Wildman–Crippen LogP) is 2.15. The van der Waals surface area contributed by atoms with Gasteiger partial charge in [-0.25, -0.2) is 0 Å². The Morgan fingerprint density at radius 1 is 1.21 bits per heavy atom. The molecular weight excluding hydrogens is 304 g/mol. The van der Waals surface area contributed by atoms with E-state index in [1.165, 1.54) is 22.4 Å². The normalized spacial score (nSPS) is 17.4. The zero-order valence-corrected chi connectivity index (χ0v) is 12.1. The highest BCUT2D eigenvalue weighted by molar-refractivity contribution is 9.10. The molecule has 4 rings (SSSR count). The van der Waals surface area contributed by atoms with E-state index in [0.29, 0.717) is 0 Å². The third-order valence-corrected chi connectivity index (χ3v) is 4.46. The molecule has 0 bridgehead atoms. The molecular formula is C14H15BrN4. The summed E-state index contributed by atoms with van der Waals surface area (Å²) in [5, 5.41) is 11.2. The molecule has 0 unspecified atom stereocenters. The van der Waals surface area contributed by atoms with E-state index in [0.717, 1.165) is 42.9 Å². The summed E-state index contributed by atoms with van der Waals surface area (Å²) in [5.74, 6) is 1.14. The quantitative estimate of drug-likeness (QED) is 0.722. The molecule has 2 aromatic rings. The Kier molecular flexibility index (Phi) is 2.63. The highest BCUT2D eigenvalue weighted by atomic mass is 79.9. The molecule has 0 atom stereocenters. The van der Waals surface area contributed by atoms with Crippen molar-refractivity contribution in [2.24, 2.45) is 0 Å². The minimum absolute atomic E-state index is 0.986. The number of hydrogen-bond donors (Lipinski definition) is 2. The number of hydrogen-bond acceptors (Lipinski definition) is 3. The molecule has 1 aromatic carbocycles. The molecule has 0 spiro atoms. The Morgan fingerprint density at radius 3 is 2.89 bits per heavy atom. The van der Waals surface area contributed by atoms with Crippen LogP contribution < -0.4 is 10.2 Å². The lowest BCUT2D eigenvalue weighted by Crippen LogP contribution is -2.44. The summed E-state index contributed by atoms with van der Waals surface area (Å²) in [4.78, 5) is 2.38. The largest absolute Gasteiger partial charge is 0.352 e. The molecule has 19 heavy (non-hydrogen) atoms. The monoisotopic (exact) mass is 318 g/mol. The van der Waals surface area contributed by atoms with E-state index in [9.17, 15) is 0 Å². The van der Waals surface area contributed by atoms with Gasteiger partial charge in [0.15, 0.2) is 5.82 Å². The molecule has 2 N–H and O–H groups in total. The van der Waals surface area contributed by atoms with Crippen LogP contribution in [0, 0.1) is 0 Å². The highest BCUT2D eigenvalue weighted by Crippen LogP contribution is 2.40. The number of anilines is 1. The second-order valence-electron chi connectivity index (χ2n) is 5.12. The zero-order chi connectivity index (χ0) is 12.8. The molecule has 2 heterocycles. The van der Waals surface area contributed by atoms with Crippen LogP contribution in [-0.4, -0.2) is 36.4 Å². The third-order valence-electron chi connectivity index (χ3n) is 3.97. The van der Waals surface area contributed by atoms with E-state index in [1.807, 2.05) is 0 Å². The average molecular weight is 319 g/mol. The van der Waals surface area contributed by atoms with Gasteiger partial charge < -0.3 is 10.2 Å². The summed E-state index contributed by atoms with van der Waals surface area (Å²) < 4.78 is 1.15.